The monoisotopic (exact) mass is 460 g/mol. The van der Waals surface area contributed by atoms with Crippen LogP contribution in [0.1, 0.15) is 29.7 Å². The van der Waals surface area contributed by atoms with Crippen LogP contribution in [0.15, 0.2) is 65.3 Å². The average Bonchev–Trinajstić information content (AvgIpc) is 3.27. The number of anilines is 1. The molecular weight excluding hydrogens is 435 g/mol. The molecular formula is C27H25FN2O4. The minimum atomic E-state index is -0.354. The van der Waals surface area contributed by atoms with Gasteiger partial charge in [0.15, 0.2) is 0 Å². The smallest absolute Gasteiger partial charge is 0.310 e. The quantitative estimate of drug-likeness (QED) is 0.377. The predicted octanol–water partition coefficient (Wildman–Crippen LogP) is 5.35. The summed E-state index contributed by atoms with van der Waals surface area (Å²) in [7, 11) is 0. The van der Waals surface area contributed by atoms with E-state index in [-0.39, 0.29) is 30.9 Å². The van der Waals surface area contributed by atoms with Crippen molar-refractivity contribution in [3.63, 3.8) is 0 Å². The fourth-order valence-electron chi connectivity index (χ4n) is 4.36. The van der Waals surface area contributed by atoms with Crippen LogP contribution in [0.2, 0.25) is 0 Å². The Morgan fingerprint density at radius 2 is 2.00 bits per heavy atom. The third-order valence-corrected chi connectivity index (χ3v) is 6.03. The van der Waals surface area contributed by atoms with Crippen molar-refractivity contribution in [3.05, 3.63) is 83.4 Å². The lowest BCUT2D eigenvalue weighted by Crippen LogP contribution is -2.24. The Kier molecular flexibility index (Phi) is 5.94. The Labute approximate surface area is 196 Å². The molecule has 1 unspecified atom stereocenters. The highest BCUT2D eigenvalue weighted by atomic mass is 19.1. The van der Waals surface area contributed by atoms with Crippen LogP contribution in [-0.4, -0.2) is 19.1 Å². The van der Waals surface area contributed by atoms with Gasteiger partial charge in [-0.1, -0.05) is 36.4 Å². The molecule has 0 radical (unpaired) electrons. The topological polar surface area (TPSA) is 86.7 Å². The predicted molar refractivity (Wildman–Crippen MR) is 128 cm³/mol. The number of furan rings is 1. The van der Waals surface area contributed by atoms with Gasteiger partial charge in [0.05, 0.1) is 31.5 Å². The molecule has 1 atom stereocenters. The fourth-order valence-corrected chi connectivity index (χ4v) is 4.36. The van der Waals surface area contributed by atoms with Gasteiger partial charge in [0.25, 0.3) is 0 Å². The van der Waals surface area contributed by atoms with Gasteiger partial charge in [0.2, 0.25) is 0 Å². The van der Waals surface area contributed by atoms with Crippen molar-refractivity contribution >= 4 is 22.6 Å². The molecule has 1 aliphatic heterocycles. The van der Waals surface area contributed by atoms with Gasteiger partial charge in [-0.05, 0) is 30.7 Å². The molecule has 2 heterocycles. The summed E-state index contributed by atoms with van der Waals surface area (Å²) >= 11 is 0. The van der Waals surface area contributed by atoms with Gasteiger partial charge in [-0.15, -0.1) is 0 Å². The molecule has 7 heteroatoms. The van der Waals surface area contributed by atoms with Crippen LogP contribution in [0, 0.1) is 5.82 Å². The molecule has 4 aromatic rings. The number of ether oxygens (including phenoxy) is 2. The maximum absolute atomic E-state index is 14.9. The van der Waals surface area contributed by atoms with Crippen molar-refractivity contribution in [2.45, 2.75) is 26.0 Å². The number of fused-ring (bicyclic) bond motifs is 2. The van der Waals surface area contributed by atoms with Crippen LogP contribution in [0.4, 0.5) is 10.1 Å². The summed E-state index contributed by atoms with van der Waals surface area (Å²) in [4.78, 5) is 12.1. The first-order valence-electron chi connectivity index (χ1n) is 11.3. The number of para-hydroxylation sites is 1. The van der Waals surface area contributed by atoms with Crippen LogP contribution >= 0.6 is 0 Å². The lowest BCUT2D eigenvalue weighted by atomic mass is 9.98. The van der Waals surface area contributed by atoms with Gasteiger partial charge in [0, 0.05) is 34.2 Å². The summed E-state index contributed by atoms with van der Waals surface area (Å²) in [5.41, 5.74) is 10.5. The third kappa shape index (κ3) is 3.99. The number of benzene rings is 3. The first-order valence-corrected chi connectivity index (χ1v) is 11.3. The van der Waals surface area contributed by atoms with Gasteiger partial charge in [-0.3, -0.25) is 4.79 Å². The number of hydrogen-bond donors (Lipinski definition) is 2. The lowest BCUT2D eigenvalue weighted by Gasteiger charge is -2.28. The van der Waals surface area contributed by atoms with E-state index in [1.165, 1.54) is 0 Å². The highest BCUT2D eigenvalue weighted by Gasteiger charge is 2.27. The number of esters is 1. The van der Waals surface area contributed by atoms with Crippen LogP contribution < -0.4 is 15.8 Å². The number of halogens is 1. The van der Waals surface area contributed by atoms with E-state index < -0.39 is 0 Å². The van der Waals surface area contributed by atoms with E-state index >= 15 is 0 Å². The molecule has 0 saturated heterocycles. The standard InChI is InChI=1S/C27H25FN2O4/c1-2-32-25(31)12-17-5-4-8-22-27(17)34-24(14-30-22)21-15-33-23-10-9-16(11-20(21)23)19-7-3-6-18(13-29)26(19)28/h3-11,15,24,30H,2,12-14,29H2,1H3. The van der Waals surface area contributed by atoms with E-state index in [1.54, 1.807) is 31.4 Å². The Morgan fingerprint density at radius 3 is 2.82 bits per heavy atom. The molecule has 0 fully saturated rings. The summed E-state index contributed by atoms with van der Waals surface area (Å²) in [6.45, 7) is 2.76. The van der Waals surface area contributed by atoms with Gasteiger partial charge in [-0.2, -0.15) is 0 Å². The van der Waals surface area contributed by atoms with Crippen LogP contribution in [0.25, 0.3) is 22.1 Å². The molecule has 3 N–H and O–H groups in total. The van der Waals surface area contributed by atoms with Gasteiger partial charge in [0.1, 0.15) is 23.3 Å². The van der Waals surface area contributed by atoms with Crippen molar-refractivity contribution in [3.8, 4) is 16.9 Å². The summed E-state index contributed by atoms with van der Waals surface area (Å²) in [5, 5.41) is 4.23. The van der Waals surface area contributed by atoms with E-state index in [2.05, 4.69) is 5.32 Å². The molecule has 34 heavy (non-hydrogen) atoms. The summed E-state index contributed by atoms with van der Waals surface area (Å²) < 4.78 is 32.2. The normalized spacial score (nSPS) is 14.9. The molecule has 6 nitrogen and oxygen atoms in total. The van der Waals surface area contributed by atoms with Crippen molar-refractivity contribution in [2.24, 2.45) is 5.73 Å². The van der Waals surface area contributed by atoms with E-state index in [0.29, 0.717) is 35.6 Å². The maximum atomic E-state index is 14.9. The maximum Gasteiger partial charge on any atom is 0.310 e. The van der Waals surface area contributed by atoms with E-state index in [0.717, 1.165) is 27.8 Å². The molecule has 0 saturated carbocycles. The molecule has 0 spiro atoms. The lowest BCUT2D eigenvalue weighted by molar-refractivity contribution is -0.142. The Hall–Kier alpha value is -3.84. The van der Waals surface area contributed by atoms with Crippen molar-refractivity contribution < 1.29 is 23.1 Å². The largest absolute Gasteiger partial charge is 0.481 e. The number of nitrogens with two attached hydrogens (primary N) is 1. The highest BCUT2D eigenvalue weighted by Crippen LogP contribution is 2.40. The van der Waals surface area contributed by atoms with E-state index in [4.69, 9.17) is 19.6 Å². The minimum absolute atomic E-state index is 0.123. The molecule has 1 aliphatic rings. The second-order valence-corrected chi connectivity index (χ2v) is 8.15. The highest BCUT2D eigenvalue weighted by molar-refractivity contribution is 5.87. The molecule has 1 aromatic heterocycles. The molecule has 3 aromatic carbocycles. The average molecular weight is 461 g/mol. The Balaban J connectivity index is 1.50. The number of nitrogens with one attached hydrogen (secondary N) is 1. The molecule has 0 bridgehead atoms. The van der Waals surface area contributed by atoms with E-state index in [1.807, 2.05) is 36.4 Å². The third-order valence-electron chi connectivity index (χ3n) is 6.03. The first kappa shape index (κ1) is 22.0. The van der Waals surface area contributed by atoms with Gasteiger partial charge >= 0.3 is 5.97 Å². The molecule has 5 rings (SSSR count). The number of carbonyl (C=O) groups is 1. The van der Waals surface area contributed by atoms with Crippen molar-refractivity contribution in [1.29, 1.82) is 0 Å². The van der Waals surface area contributed by atoms with Crippen LogP contribution in [0.5, 0.6) is 5.75 Å². The minimum Gasteiger partial charge on any atom is -0.481 e. The van der Waals surface area contributed by atoms with Crippen LogP contribution in [-0.2, 0) is 22.5 Å². The van der Waals surface area contributed by atoms with Gasteiger partial charge in [-0.25, -0.2) is 4.39 Å². The zero-order valence-corrected chi connectivity index (χ0v) is 18.8. The van der Waals surface area contributed by atoms with Crippen molar-refractivity contribution in [2.75, 3.05) is 18.5 Å². The number of carbonyl (C=O) groups excluding carboxylic acids is 1. The fraction of sp³-hybridized carbons (Fsp3) is 0.222. The second-order valence-electron chi connectivity index (χ2n) is 8.15. The summed E-state index contributed by atoms with van der Waals surface area (Å²) in [6, 6.07) is 16.5. The molecule has 0 aliphatic carbocycles. The van der Waals surface area contributed by atoms with Crippen LogP contribution in [0.3, 0.4) is 0 Å². The molecule has 174 valence electrons. The second kappa shape index (κ2) is 9.19. The Morgan fingerprint density at radius 1 is 1.18 bits per heavy atom. The van der Waals surface area contributed by atoms with Gasteiger partial charge < -0.3 is 24.9 Å². The SMILES string of the molecule is CCOC(=O)Cc1cccc2c1OC(c1coc3ccc(-c4cccc(CN)c4F)cc13)CN2. The van der Waals surface area contributed by atoms with E-state index in [9.17, 15) is 9.18 Å². The van der Waals surface area contributed by atoms with Crippen molar-refractivity contribution in [1.82, 2.24) is 0 Å². The zero-order valence-electron chi connectivity index (χ0n) is 18.8. The number of hydrogen-bond acceptors (Lipinski definition) is 6. The summed E-state index contributed by atoms with van der Waals surface area (Å²) in [6.07, 6.45) is 1.44. The summed E-state index contributed by atoms with van der Waals surface area (Å²) in [5.74, 6) is 0.00303. The molecule has 0 amide bonds. The first-order chi connectivity index (χ1) is 16.6. The number of rotatable bonds is 6. The Bertz CT molecular complexity index is 1360. The zero-order chi connectivity index (χ0) is 23.7.